The summed E-state index contributed by atoms with van der Waals surface area (Å²) in [7, 11) is 0. The van der Waals surface area contributed by atoms with Gasteiger partial charge in [0.05, 0.1) is 17.0 Å². The van der Waals surface area contributed by atoms with Crippen molar-refractivity contribution in [3.05, 3.63) is 251 Å². The monoisotopic (exact) mass is 891 g/mol. The zero-order valence-electron chi connectivity index (χ0n) is 39.4. The first-order valence-corrected chi connectivity index (χ1v) is 24.6. The molecule has 10 aromatic rings. The third kappa shape index (κ3) is 7.69. The SMILES string of the molecule is CCC1=C(c2ccc3oc4c(-c5ccccc5)c5oc6ccc(C7=C(C)C(C)C(c8ccccc8)=CC(c8ccccc8)=N7)cc6c5cc4c3c2)CCCC(c2ccccc2)/C=C\1c1ccccc1. The minimum Gasteiger partial charge on any atom is -0.455 e. The Labute approximate surface area is 404 Å². The fourth-order valence-electron chi connectivity index (χ4n) is 11.1. The number of furan rings is 2. The quantitative estimate of drug-likeness (QED) is 0.152. The molecule has 0 amide bonds. The van der Waals surface area contributed by atoms with E-state index in [1.807, 2.05) is 0 Å². The fourth-order valence-corrected chi connectivity index (χ4v) is 11.1. The van der Waals surface area contributed by atoms with E-state index in [2.05, 4.69) is 227 Å². The van der Waals surface area contributed by atoms with E-state index in [1.165, 1.54) is 50.1 Å². The molecule has 2 aromatic heterocycles. The van der Waals surface area contributed by atoms with E-state index in [-0.39, 0.29) is 5.92 Å². The van der Waals surface area contributed by atoms with Gasteiger partial charge in [0.25, 0.3) is 0 Å². The van der Waals surface area contributed by atoms with Crippen LogP contribution < -0.4 is 0 Å². The summed E-state index contributed by atoms with van der Waals surface area (Å²) in [6.45, 7) is 6.87. The molecule has 0 saturated carbocycles. The van der Waals surface area contributed by atoms with Gasteiger partial charge in [-0.3, -0.25) is 0 Å². The number of aliphatic imine (C=N–C) groups is 1. The molecule has 2 unspecified atom stereocenters. The van der Waals surface area contributed by atoms with E-state index in [0.717, 1.165) is 103 Å². The summed E-state index contributed by atoms with van der Waals surface area (Å²) in [5, 5.41) is 4.30. The minimum absolute atomic E-state index is 0.130. The van der Waals surface area contributed by atoms with Crippen LogP contribution in [-0.2, 0) is 0 Å². The van der Waals surface area contributed by atoms with Gasteiger partial charge in [0.15, 0.2) is 0 Å². The van der Waals surface area contributed by atoms with Crippen LogP contribution in [-0.4, -0.2) is 5.71 Å². The highest BCUT2D eigenvalue weighted by Crippen LogP contribution is 2.47. The summed E-state index contributed by atoms with van der Waals surface area (Å²) < 4.78 is 13.9. The van der Waals surface area contributed by atoms with Crippen LogP contribution >= 0.6 is 0 Å². The molecular weight excluding hydrogens is 839 g/mol. The van der Waals surface area contributed by atoms with Crippen molar-refractivity contribution in [3.8, 4) is 11.1 Å². The summed E-state index contributed by atoms with van der Waals surface area (Å²) >= 11 is 0. The van der Waals surface area contributed by atoms with Gasteiger partial charge in [0.1, 0.15) is 22.3 Å². The van der Waals surface area contributed by atoms with Gasteiger partial charge in [-0.25, -0.2) is 4.99 Å². The van der Waals surface area contributed by atoms with Crippen molar-refractivity contribution in [2.24, 2.45) is 10.9 Å². The predicted molar refractivity (Wildman–Crippen MR) is 290 cm³/mol. The number of rotatable bonds is 8. The van der Waals surface area contributed by atoms with Crippen LogP contribution in [0.2, 0.25) is 0 Å². The van der Waals surface area contributed by atoms with Crippen molar-refractivity contribution in [1.29, 1.82) is 0 Å². The maximum absolute atomic E-state index is 6.98. The number of benzene rings is 8. The van der Waals surface area contributed by atoms with Crippen molar-refractivity contribution in [3.63, 3.8) is 0 Å². The maximum atomic E-state index is 6.98. The molecule has 3 heteroatoms. The topological polar surface area (TPSA) is 38.6 Å². The number of nitrogens with zero attached hydrogens (tertiary/aromatic N) is 1. The number of fused-ring (bicyclic) bond motifs is 6. The zero-order valence-corrected chi connectivity index (χ0v) is 39.4. The largest absolute Gasteiger partial charge is 0.455 e. The summed E-state index contributed by atoms with van der Waals surface area (Å²) in [4.78, 5) is 5.53. The number of hydrogen-bond acceptors (Lipinski definition) is 3. The third-order valence-corrected chi connectivity index (χ3v) is 14.7. The normalized spacial score (nSPS) is 17.7. The summed E-state index contributed by atoms with van der Waals surface area (Å²) in [6, 6.07) is 69.7. The van der Waals surface area contributed by atoms with E-state index in [1.54, 1.807) is 0 Å². The van der Waals surface area contributed by atoms with Crippen molar-refractivity contribution in [1.82, 2.24) is 0 Å². The Morgan fingerprint density at radius 3 is 1.68 bits per heavy atom. The molecule has 3 heterocycles. The summed E-state index contributed by atoms with van der Waals surface area (Å²) in [5.74, 6) is 0.479. The molecule has 1 aliphatic heterocycles. The van der Waals surface area contributed by atoms with Crippen LogP contribution in [0.3, 0.4) is 0 Å². The van der Waals surface area contributed by atoms with Crippen LogP contribution in [0.15, 0.2) is 231 Å². The molecule has 334 valence electrons. The molecule has 0 saturated heterocycles. The third-order valence-electron chi connectivity index (χ3n) is 14.7. The second kappa shape index (κ2) is 17.9. The molecule has 2 atom stereocenters. The van der Waals surface area contributed by atoms with E-state index in [0.29, 0.717) is 5.92 Å². The van der Waals surface area contributed by atoms with Gasteiger partial charge in [-0.2, -0.15) is 0 Å². The van der Waals surface area contributed by atoms with Crippen molar-refractivity contribution >= 4 is 72.0 Å². The lowest BCUT2D eigenvalue weighted by Crippen LogP contribution is -2.05. The summed E-state index contributed by atoms with van der Waals surface area (Å²) in [5.41, 5.74) is 21.2. The molecular formula is C66H53NO2. The first-order valence-electron chi connectivity index (χ1n) is 24.6. The lowest BCUT2D eigenvalue weighted by atomic mass is 9.80. The molecule has 0 bridgehead atoms. The van der Waals surface area contributed by atoms with Gasteiger partial charge in [-0.1, -0.05) is 178 Å². The summed E-state index contributed by atoms with van der Waals surface area (Å²) in [6.07, 6.45) is 8.95. The molecule has 3 nitrogen and oxygen atoms in total. The molecule has 0 fully saturated rings. The Kier molecular flexibility index (Phi) is 11.0. The Hall–Kier alpha value is -8.01. The molecule has 1 aliphatic carbocycles. The minimum atomic E-state index is 0.130. The van der Waals surface area contributed by atoms with Crippen LogP contribution in [0.4, 0.5) is 0 Å². The second-order valence-corrected chi connectivity index (χ2v) is 18.7. The Bertz CT molecular complexity index is 3720. The van der Waals surface area contributed by atoms with Gasteiger partial charge in [0, 0.05) is 44.5 Å². The Morgan fingerprint density at radius 1 is 0.536 bits per heavy atom. The molecule has 69 heavy (non-hydrogen) atoms. The smallest absolute Gasteiger partial charge is 0.147 e. The van der Waals surface area contributed by atoms with Crippen LogP contribution in [0, 0.1) is 5.92 Å². The Morgan fingerprint density at radius 2 is 1.07 bits per heavy atom. The highest BCUT2D eigenvalue weighted by atomic mass is 16.3. The lowest BCUT2D eigenvalue weighted by molar-refractivity contribution is 0.658. The van der Waals surface area contributed by atoms with Crippen molar-refractivity contribution in [2.45, 2.75) is 52.4 Å². The molecule has 12 rings (SSSR count). The van der Waals surface area contributed by atoms with Gasteiger partial charge in [-0.05, 0) is 131 Å². The molecule has 0 radical (unpaired) electrons. The lowest BCUT2D eigenvalue weighted by Gasteiger charge is -2.25. The average Bonchev–Trinajstić information content (AvgIpc) is 3.92. The van der Waals surface area contributed by atoms with E-state index >= 15 is 0 Å². The second-order valence-electron chi connectivity index (χ2n) is 18.7. The van der Waals surface area contributed by atoms with Crippen molar-refractivity contribution < 1.29 is 8.83 Å². The van der Waals surface area contributed by atoms with Crippen LogP contribution in [0.25, 0.3) is 77.4 Å². The van der Waals surface area contributed by atoms with Gasteiger partial charge < -0.3 is 8.83 Å². The molecule has 2 aliphatic rings. The standard InChI is InChI=1S/C66H53NO2/c1-4-52-53(32-20-31-49(44-21-10-5-11-22-44)37-55(52)46-25-14-7-15-26-46)50-33-35-61-56(38-50)58-40-59-57-39-51(34-36-62(57)69-66(59)63(65(58)68-61)48-29-18-9-19-30-48)64-43(3)42(2)54(45-23-12-6-13-24-45)41-60(67-64)47-27-16-8-17-28-47/h5-19,21-30,33-42,49H,4,20,31-32H2,1-3H3/b53-52?,55-37-. The molecule has 0 spiro atoms. The van der Waals surface area contributed by atoms with E-state index in [9.17, 15) is 0 Å². The van der Waals surface area contributed by atoms with E-state index in [4.69, 9.17) is 13.8 Å². The predicted octanol–water partition coefficient (Wildman–Crippen LogP) is 18.3. The van der Waals surface area contributed by atoms with Gasteiger partial charge in [-0.15, -0.1) is 0 Å². The first-order chi connectivity index (χ1) is 34.0. The average molecular weight is 892 g/mol. The first kappa shape index (κ1) is 42.4. The van der Waals surface area contributed by atoms with Gasteiger partial charge in [0.2, 0.25) is 0 Å². The zero-order chi connectivity index (χ0) is 46.4. The highest BCUT2D eigenvalue weighted by molar-refractivity contribution is 6.23. The number of allylic oxidation sites excluding steroid dienone is 7. The molecule has 8 aromatic carbocycles. The van der Waals surface area contributed by atoms with E-state index < -0.39 is 0 Å². The highest BCUT2D eigenvalue weighted by Gasteiger charge is 2.26. The Balaban J connectivity index is 1.05. The molecule has 0 N–H and O–H groups in total. The van der Waals surface area contributed by atoms with Crippen LogP contribution in [0.5, 0.6) is 0 Å². The number of hydrogen-bond donors (Lipinski definition) is 0. The van der Waals surface area contributed by atoms with Crippen molar-refractivity contribution in [2.75, 3.05) is 0 Å². The fraction of sp³-hybridized carbons (Fsp3) is 0.136. The maximum Gasteiger partial charge on any atom is 0.147 e. The van der Waals surface area contributed by atoms with Crippen LogP contribution in [0.1, 0.15) is 85.8 Å². The van der Waals surface area contributed by atoms with Gasteiger partial charge >= 0.3 is 0 Å².